The Hall–Kier alpha value is -2.63. The summed E-state index contributed by atoms with van der Waals surface area (Å²) in [5.41, 5.74) is 0.496. The van der Waals surface area contributed by atoms with E-state index in [1.165, 1.54) is 45.7 Å². The van der Waals surface area contributed by atoms with Crippen LogP contribution in [-0.4, -0.2) is 64.3 Å². The molecule has 1 aliphatic carbocycles. The Labute approximate surface area is 193 Å². The molecular formula is C21H20ClF2N5O3S. The number of benzene rings is 1. The molecule has 5 rings (SSSR count). The van der Waals surface area contributed by atoms with E-state index >= 15 is 0 Å². The van der Waals surface area contributed by atoms with Gasteiger partial charge in [0.2, 0.25) is 10.0 Å². The van der Waals surface area contributed by atoms with E-state index < -0.39 is 22.4 Å². The molecule has 2 aliphatic rings. The fraction of sp³-hybridized carbons (Fsp3) is 0.381. The minimum Gasteiger partial charge on any atom is -0.336 e. The van der Waals surface area contributed by atoms with Crippen molar-refractivity contribution in [2.75, 3.05) is 26.2 Å². The van der Waals surface area contributed by atoms with Crippen molar-refractivity contribution in [2.24, 2.45) is 0 Å². The lowest BCUT2D eigenvalue weighted by molar-refractivity contribution is 0.0699. The van der Waals surface area contributed by atoms with Gasteiger partial charge in [-0.2, -0.15) is 9.40 Å². The predicted molar refractivity (Wildman–Crippen MR) is 116 cm³/mol. The molecule has 2 fully saturated rings. The first-order chi connectivity index (χ1) is 15.8. The van der Waals surface area contributed by atoms with E-state index in [4.69, 9.17) is 11.6 Å². The molecule has 174 valence electrons. The summed E-state index contributed by atoms with van der Waals surface area (Å²) >= 11 is 5.84. The Morgan fingerprint density at radius 2 is 1.76 bits per heavy atom. The van der Waals surface area contributed by atoms with Crippen LogP contribution in [0.15, 0.2) is 41.4 Å². The van der Waals surface area contributed by atoms with Gasteiger partial charge in [-0.05, 0) is 43.2 Å². The van der Waals surface area contributed by atoms with Crippen molar-refractivity contribution in [3.8, 4) is 0 Å². The Kier molecular flexibility index (Phi) is 5.58. The Morgan fingerprint density at radius 3 is 2.36 bits per heavy atom. The standard InChI is InChI=1S/C21H20ClF2N5O3S/c22-14-3-5-15(6-4-14)33(31,32)28-9-7-27(8-10-28)21(30)16-12-25-29-18(19(23)24)11-17(13-1-2-13)26-20(16)29/h3-6,11-13,19H,1-2,7-10H2. The molecule has 1 saturated carbocycles. The summed E-state index contributed by atoms with van der Waals surface area (Å²) in [5.74, 6) is -0.277. The molecule has 0 spiro atoms. The highest BCUT2D eigenvalue weighted by Crippen LogP contribution is 2.40. The summed E-state index contributed by atoms with van der Waals surface area (Å²) in [6.45, 7) is 0.540. The molecule has 3 aromatic rings. The first-order valence-corrected chi connectivity index (χ1v) is 12.3. The molecule has 3 heterocycles. The van der Waals surface area contributed by atoms with E-state index in [1.807, 2.05) is 0 Å². The van der Waals surface area contributed by atoms with Crippen molar-refractivity contribution < 1.29 is 22.0 Å². The number of carbonyl (C=O) groups is 1. The summed E-state index contributed by atoms with van der Waals surface area (Å²) in [7, 11) is -3.72. The van der Waals surface area contributed by atoms with Crippen LogP contribution in [0.3, 0.4) is 0 Å². The molecule has 0 atom stereocenters. The van der Waals surface area contributed by atoms with Gasteiger partial charge in [0.1, 0.15) is 11.3 Å². The largest absolute Gasteiger partial charge is 0.336 e. The lowest BCUT2D eigenvalue weighted by Crippen LogP contribution is -2.50. The molecule has 1 aromatic carbocycles. The number of fused-ring (bicyclic) bond motifs is 1. The Morgan fingerprint density at radius 1 is 1.09 bits per heavy atom. The number of alkyl halides is 2. The van der Waals surface area contributed by atoms with Crippen LogP contribution < -0.4 is 0 Å². The molecule has 33 heavy (non-hydrogen) atoms. The van der Waals surface area contributed by atoms with E-state index in [0.717, 1.165) is 17.4 Å². The number of hydrogen-bond acceptors (Lipinski definition) is 5. The topological polar surface area (TPSA) is 87.9 Å². The van der Waals surface area contributed by atoms with E-state index in [2.05, 4.69) is 10.1 Å². The third-order valence-electron chi connectivity index (χ3n) is 5.95. The number of nitrogens with zero attached hydrogens (tertiary/aromatic N) is 5. The van der Waals surface area contributed by atoms with Crippen molar-refractivity contribution in [2.45, 2.75) is 30.1 Å². The molecule has 1 aliphatic heterocycles. The monoisotopic (exact) mass is 495 g/mol. The summed E-state index contributed by atoms with van der Waals surface area (Å²) in [4.78, 5) is 19.3. The van der Waals surface area contributed by atoms with Gasteiger partial charge in [0.05, 0.1) is 11.1 Å². The fourth-order valence-electron chi connectivity index (χ4n) is 3.96. The maximum atomic E-state index is 13.6. The highest BCUT2D eigenvalue weighted by Gasteiger charge is 2.33. The number of rotatable bonds is 5. The number of aromatic nitrogens is 3. The summed E-state index contributed by atoms with van der Waals surface area (Å²) in [5, 5.41) is 4.42. The third-order valence-corrected chi connectivity index (χ3v) is 8.11. The van der Waals surface area contributed by atoms with Crippen molar-refractivity contribution in [3.05, 3.63) is 58.5 Å². The average molecular weight is 496 g/mol. The van der Waals surface area contributed by atoms with Gasteiger partial charge in [-0.3, -0.25) is 4.79 Å². The van der Waals surface area contributed by atoms with Gasteiger partial charge in [0, 0.05) is 42.8 Å². The molecule has 1 amide bonds. The van der Waals surface area contributed by atoms with Crippen LogP contribution in [-0.2, 0) is 10.0 Å². The normalized spacial score (nSPS) is 17.8. The van der Waals surface area contributed by atoms with E-state index in [-0.39, 0.29) is 53.9 Å². The lowest BCUT2D eigenvalue weighted by atomic mass is 10.2. The molecule has 0 unspecified atom stereocenters. The SMILES string of the molecule is O=C(c1cnn2c(C(F)F)cc(C3CC3)nc12)N1CCN(S(=O)(=O)c2ccc(Cl)cc2)CC1. The van der Waals surface area contributed by atoms with Crippen LogP contribution in [0.1, 0.15) is 46.9 Å². The molecular weight excluding hydrogens is 476 g/mol. The molecule has 0 bridgehead atoms. The van der Waals surface area contributed by atoms with Gasteiger partial charge in [-0.1, -0.05) is 11.6 Å². The van der Waals surface area contributed by atoms with Crippen molar-refractivity contribution in [3.63, 3.8) is 0 Å². The number of halogens is 3. The van der Waals surface area contributed by atoms with Crippen LogP contribution >= 0.6 is 11.6 Å². The average Bonchev–Trinajstić information content (AvgIpc) is 3.57. The van der Waals surface area contributed by atoms with E-state index in [0.29, 0.717) is 10.7 Å². The van der Waals surface area contributed by atoms with Gasteiger partial charge in [-0.25, -0.2) is 26.7 Å². The zero-order valence-electron chi connectivity index (χ0n) is 17.4. The highest BCUT2D eigenvalue weighted by molar-refractivity contribution is 7.89. The van der Waals surface area contributed by atoms with Crippen molar-refractivity contribution in [1.82, 2.24) is 23.8 Å². The number of sulfonamides is 1. The maximum Gasteiger partial charge on any atom is 0.280 e. The molecule has 8 nitrogen and oxygen atoms in total. The Balaban J connectivity index is 1.36. The second kappa shape index (κ2) is 8.30. The van der Waals surface area contributed by atoms with Gasteiger partial charge < -0.3 is 4.90 Å². The first-order valence-electron chi connectivity index (χ1n) is 10.5. The highest BCUT2D eigenvalue weighted by atomic mass is 35.5. The summed E-state index contributed by atoms with van der Waals surface area (Å²) < 4.78 is 55.3. The van der Waals surface area contributed by atoms with Gasteiger partial charge in [-0.15, -0.1) is 0 Å². The third kappa shape index (κ3) is 4.09. The van der Waals surface area contributed by atoms with E-state index in [9.17, 15) is 22.0 Å². The van der Waals surface area contributed by atoms with Crippen LogP contribution in [0.5, 0.6) is 0 Å². The number of hydrogen-bond donors (Lipinski definition) is 0. The van der Waals surface area contributed by atoms with Crippen molar-refractivity contribution in [1.29, 1.82) is 0 Å². The number of piperazine rings is 1. The Bertz CT molecular complexity index is 1320. The first kappa shape index (κ1) is 22.2. The lowest BCUT2D eigenvalue weighted by Gasteiger charge is -2.33. The van der Waals surface area contributed by atoms with Crippen molar-refractivity contribution >= 4 is 33.2 Å². The van der Waals surface area contributed by atoms with Crippen LogP contribution in [0, 0.1) is 0 Å². The number of carbonyl (C=O) groups excluding carboxylic acids is 1. The molecule has 0 radical (unpaired) electrons. The fourth-order valence-corrected chi connectivity index (χ4v) is 5.51. The minimum atomic E-state index is -3.72. The van der Waals surface area contributed by atoms with E-state index in [1.54, 1.807) is 0 Å². The molecule has 12 heteroatoms. The number of amides is 1. The summed E-state index contributed by atoms with van der Waals surface area (Å²) in [6.07, 6.45) is 0.266. The van der Waals surface area contributed by atoms with Crippen LogP contribution in [0.2, 0.25) is 5.02 Å². The second-order valence-corrected chi connectivity index (χ2v) is 10.5. The minimum absolute atomic E-state index is 0.107. The van der Waals surface area contributed by atoms with Crippen LogP contribution in [0.4, 0.5) is 8.78 Å². The molecule has 0 N–H and O–H groups in total. The molecule has 2 aromatic heterocycles. The second-order valence-electron chi connectivity index (χ2n) is 8.12. The maximum absolute atomic E-state index is 13.6. The van der Waals surface area contributed by atoms with Crippen LogP contribution in [0.25, 0.3) is 5.65 Å². The van der Waals surface area contributed by atoms with Gasteiger partial charge in [0.15, 0.2) is 5.65 Å². The predicted octanol–water partition coefficient (Wildman–Crippen LogP) is 3.34. The molecule has 1 saturated heterocycles. The zero-order valence-corrected chi connectivity index (χ0v) is 18.9. The zero-order chi connectivity index (χ0) is 23.3. The quantitative estimate of drug-likeness (QED) is 0.541. The van der Waals surface area contributed by atoms with Gasteiger partial charge >= 0.3 is 0 Å². The smallest absolute Gasteiger partial charge is 0.280 e. The van der Waals surface area contributed by atoms with Gasteiger partial charge in [0.25, 0.3) is 12.3 Å². The summed E-state index contributed by atoms with van der Waals surface area (Å²) in [6, 6.07) is 7.26.